The van der Waals surface area contributed by atoms with Gasteiger partial charge in [-0.3, -0.25) is 0 Å². The fourth-order valence-corrected chi connectivity index (χ4v) is 14.4. The molecule has 0 bridgehead atoms. The first-order valence-electron chi connectivity index (χ1n) is 25.2. The van der Waals surface area contributed by atoms with E-state index in [4.69, 9.17) is 15.7 Å². The quantitative estimate of drug-likeness (QED) is 0.139. The number of benzene rings is 9. The van der Waals surface area contributed by atoms with Gasteiger partial charge in [0.05, 0.1) is 20.4 Å². The van der Waals surface area contributed by atoms with Crippen LogP contribution in [0, 0.1) is 0 Å². The molecule has 3 nitrogen and oxygen atoms in total. The van der Waals surface area contributed by atoms with Crippen LogP contribution in [0.5, 0.6) is 0 Å². The molecular formula is C66H53N3S2. The molecule has 2 N–H and O–H groups in total. The van der Waals surface area contributed by atoms with Gasteiger partial charge in [0, 0.05) is 33.2 Å². The van der Waals surface area contributed by atoms with Crippen molar-refractivity contribution in [2.45, 2.75) is 64.2 Å². The number of anilines is 1. The number of nitrogen functional groups attached to an aromatic ring is 1. The summed E-state index contributed by atoms with van der Waals surface area (Å²) in [6, 6.07) is 69.6. The summed E-state index contributed by atoms with van der Waals surface area (Å²) < 4.78 is 2.45. The molecule has 0 aliphatic heterocycles. The Hall–Kier alpha value is -7.44. The summed E-state index contributed by atoms with van der Waals surface area (Å²) in [5, 5.41) is 2.17. The summed E-state index contributed by atoms with van der Waals surface area (Å²) in [6.07, 6.45) is 4.12. The van der Waals surface area contributed by atoms with E-state index in [1.54, 1.807) is 22.7 Å². The van der Waals surface area contributed by atoms with E-state index >= 15 is 0 Å². The molecule has 11 aromatic rings. The average Bonchev–Trinajstić information content (AvgIpc) is 4.20. The van der Waals surface area contributed by atoms with Crippen LogP contribution in [0.3, 0.4) is 0 Å². The molecule has 0 radical (unpaired) electrons. The van der Waals surface area contributed by atoms with Gasteiger partial charge in [0.25, 0.3) is 0 Å². The van der Waals surface area contributed by atoms with Gasteiger partial charge >= 0.3 is 0 Å². The first kappa shape index (κ1) is 43.6. The summed E-state index contributed by atoms with van der Waals surface area (Å²) in [4.78, 5) is 10.1. The van der Waals surface area contributed by atoms with Crippen LogP contribution in [0.4, 0.5) is 5.69 Å². The van der Waals surface area contributed by atoms with E-state index in [1.165, 1.54) is 87.3 Å². The smallest absolute Gasteiger partial charge is 0.124 e. The number of nitrogens with two attached hydrogens (primary N) is 1. The van der Waals surface area contributed by atoms with Gasteiger partial charge in [0.1, 0.15) is 10.0 Å². The number of nitrogens with zero attached hydrogens (tertiary/aromatic N) is 2. The zero-order valence-electron chi connectivity index (χ0n) is 40.5. The predicted octanol–water partition coefficient (Wildman–Crippen LogP) is 18.7. The first-order valence-corrected chi connectivity index (χ1v) is 26.9. The van der Waals surface area contributed by atoms with Gasteiger partial charge < -0.3 is 5.73 Å². The van der Waals surface area contributed by atoms with Crippen molar-refractivity contribution >= 4 is 48.8 Å². The van der Waals surface area contributed by atoms with Crippen molar-refractivity contribution in [3.8, 4) is 87.9 Å². The van der Waals surface area contributed by atoms with E-state index in [9.17, 15) is 0 Å². The second kappa shape index (κ2) is 16.9. The lowest BCUT2D eigenvalue weighted by molar-refractivity contribution is 0.491. The Balaban J connectivity index is 0.786. The molecule has 9 aromatic carbocycles. The molecule has 0 unspecified atom stereocenters. The lowest BCUT2D eigenvalue weighted by Crippen LogP contribution is -2.23. The van der Waals surface area contributed by atoms with E-state index in [0.29, 0.717) is 0 Å². The lowest BCUT2D eigenvalue weighted by Gasteiger charge is -2.30. The molecule has 13 rings (SSSR count). The standard InChI is InChI=1S/C66H53N3S2/c1-5-65(6-2)53-36-44(28-32-49(53)51-34-30-46(38-55(51)65)63-68-58-16-9-11-18-60(58)70-63)40-20-24-42(25-21-40)48-14-13-15-57(67)62(48)43-26-22-41(23-27-43)45-29-33-50-52-35-31-47(64-69-59-17-10-12-19-61(59)71-64)39-56(52)66(7-3,8-4)54(50)37-45/h9-39H,5-8,67H2,1-4H3. The molecule has 0 saturated carbocycles. The maximum Gasteiger partial charge on any atom is 0.124 e. The summed E-state index contributed by atoms with van der Waals surface area (Å²) in [6.45, 7) is 9.39. The van der Waals surface area contributed by atoms with Gasteiger partial charge in [-0.1, -0.05) is 161 Å². The molecule has 0 spiro atoms. The number of para-hydroxylation sites is 2. The predicted molar refractivity (Wildman–Crippen MR) is 303 cm³/mol. The van der Waals surface area contributed by atoms with E-state index < -0.39 is 0 Å². The molecule has 344 valence electrons. The van der Waals surface area contributed by atoms with E-state index in [1.807, 2.05) is 6.07 Å². The maximum absolute atomic E-state index is 6.89. The molecule has 2 aliphatic rings. The van der Waals surface area contributed by atoms with Gasteiger partial charge in [0.2, 0.25) is 0 Å². The van der Waals surface area contributed by atoms with Gasteiger partial charge in [-0.05, 0) is 164 Å². The van der Waals surface area contributed by atoms with Crippen LogP contribution in [0.1, 0.15) is 75.6 Å². The SMILES string of the molecule is CCC1(CC)c2cc(-c3ccc(-c4cccc(N)c4-c4ccc(-c5ccc6c(c5)C(CC)(CC)c5cc(-c7nc8ccccc8s7)ccc5-6)cc4)cc3)ccc2-c2ccc(-c3nc4ccccc4s3)cc21. The van der Waals surface area contributed by atoms with Gasteiger partial charge in [-0.15, -0.1) is 22.7 Å². The minimum Gasteiger partial charge on any atom is -0.398 e. The normalized spacial score (nSPS) is 13.9. The van der Waals surface area contributed by atoms with Gasteiger partial charge in [0.15, 0.2) is 0 Å². The van der Waals surface area contributed by atoms with Crippen molar-refractivity contribution in [3.05, 3.63) is 210 Å². The Morgan fingerprint density at radius 3 is 1.14 bits per heavy atom. The van der Waals surface area contributed by atoms with Crippen LogP contribution in [0.15, 0.2) is 188 Å². The number of aromatic nitrogens is 2. The summed E-state index contributed by atoms with van der Waals surface area (Å²) in [7, 11) is 0. The molecule has 71 heavy (non-hydrogen) atoms. The van der Waals surface area contributed by atoms with Crippen molar-refractivity contribution in [2.24, 2.45) is 0 Å². The number of fused-ring (bicyclic) bond motifs is 8. The topological polar surface area (TPSA) is 51.8 Å². The fraction of sp³-hybridized carbons (Fsp3) is 0.152. The van der Waals surface area contributed by atoms with E-state index in [2.05, 4.69) is 210 Å². The minimum atomic E-state index is -0.0679. The van der Waals surface area contributed by atoms with Gasteiger partial charge in [-0.2, -0.15) is 0 Å². The lowest BCUT2D eigenvalue weighted by atomic mass is 9.73. The Morgan fingerprint density at radius 1 is 0.352 bits per heavy atom. The molecule has 2 aromatic heterocycles. The van der Waals surface area contributed by atoms with Crippen LogP contribution < -0.4 is 5.73 Å². The van der Waals surface area contributed by atoms with Crippen LogP contribution in [0.25, 0.3) is 108 Å². The van der Waals surface area contributed by atoms with Crippen LogP contribution in [0.2, 0.25) is 0 Å². The number of hydrogen-bond acceptors (Lipinski definition) is 5. The maximum atomic E-state index is 6.89. The second-order valence-electron chi connectivity index (χ2n) is 19.5. The molecular weight excluding hydrogens is 899 g/mol. The highest BCUT2D eigenvalue weighted by Crippen LogP contribution is 2.56. The van der Waals surface area contributed by atoms with Crippen molar-refractivity contribution in [2.75, 3.05) is 5.73 Å². The van der Waals surface area contributed by atoms with Crippen molar-refractivity contribution < 1.29 is 0 Å². The monoisotopic (exact) mass is 951 g/mol. The number of hydrogen-bond donors (Lipinski definition) is 1. The summed E-state index contributed by atoms with van der Waals surface area (Å²) >= 11 is 3.55. The van der Waals surface area contributed by atoms with Crippen LogP contribution in [-0.4, -0.2) is 9.97 Å². The molecule has 0 atom stereocenters. The largest absolute Gasteiger partial charge is 0.398 e. The van der Waals surface area contributed by atoms with E-state index in [-0.39, 0.29) is 10.8 Å². The third kappa shape index (κ3) is 6.74. The number of rotatable bonds is 10. The van der Waals surface area contributed by atoms with Crippen LogP contribution in [-0.2, 0) is 10.8 Å². The number of thiazole rings is 2. The molecule has 0 saturated heterocycles. The average molecular weight is 952 g/mol. The Labute approximate surface area is 424 Å². The molecule has 0 amide bonds. The highest BCUT2D eigenvalue weighted by atomic mass is 32.1. The Kier molecular flexibility index (Phi) is 10.4. The first-order chi connectivity index (χ1) is 34.8. The Bertz CT molecular complexity index is 3820. The van der Waals surface area contributed by atoms with E-state index in [0.717, 1.165) is 74.7 Å². The van der Waals surface area contributed by atoms with Crippen molar-refractivity contribution in [3.63, 3.8) is 0 Å². The zero-order chi connectivity index (χ0) is 48.0. The second-order valence-corrected chi connectivity index (χ2v) is 21.6. The summed E-state index contributed by atoms with van der Waals surface area (Å²) in [5.74, 6) is 0. The third-order valence-corrected chi connectivity index (χ3v) is 18.5. The fourth-order valence-electron chi connectivity index (χ4n) is 12.4. The molecule has 5 heteroatoms. The summed E-state index contributed by atoms with van der Waals surface area (Å²) in [5.41, 5.74) is 32.5. The highest BCUT2D eigenvalue weighted by molar-refractivity contribution is 7.22. The Morgan fingerprint density at radius 2 is 0.718 bits per heavy atom. The van der Waals surface area contributed by atoms with Crippen molar-refractivity contribution in [1.29, 1.82) is 0 Å². The van der Waals surface area contributed by atoms with Gasteiger partial charge in [-0.25, -0.2) is 9.97 Å². The van der Waals surface area contributed by atoms with Crippen molar-refractivity contribution in [1.82, 2.24) is 9.97 Å². The molecule has 2 heterocycles. The zero-order valence-corrected chi connectivity index (χ0v) is 42.1. The van der Waals surface area contributed by atoms with Crippen LogP contribution >= 0.6 is 22.7 Å². The third-order valence-electron chi connectivity index (χ3n) is 16.3. The molecule has 0 fully saturated rings. The highest BCUT2D eigenvalue weighted by Gasteiger charge is 2.42. The minimum absolute atomic E-state index is 0.0648. The molecule has 2 aliphatic carbocycles.